The Balaban J connectivity index is 0.000000222. The van der Waals surface area contributed by atoms with Gasteiger partial charge in [-0.1, -0.05) is 32.0 Å². The first-order valence-corrected chi connectivity index (χ1v) is 15.5. The van der Waals surface area contributed by atoms with E-state index in [-0.39, 0.29) is 18.3 Å². The highest BCUT2D eigenvalue weighted by Gasteiger charge is 2.17. The standard InChI is InChI=1S/C20H20BrN3O3.C14H16N2O3/c1-4-16-18(25)23-20(26)24(11-14-6-5-7-17(21)22-14)19(16)27-15-9-12(2)8-13(3)10-15;1-4-11-12(17)15-14(18)16-13(11)19-10-6-8(2)5-9(3)7-10/h5-10H,4,11H2,1-3H3,(H,23,25,26);5-7H,4H2,1-3H3,(H2,15,16,17,18). The van der Waals surface area contributed by atoms with E-state index in [1.54, 1.807) is 0 Å². The Labute approximate surface area is 273 Å². The summed E-state index contributed by atoms with van der Waals surface area (Å²) in [4.78, 5) is 59.3. The van der Waals surface area contributed by atoms with E-state index >= 15 is 0 Å². The van der Waals surface area contributed by atoms with Gasteiger partial charge in [-0.3, -0.25) is 29.1 Å². The Bertz CT molecular complexity index is 2070. The van der Waals surface area contributed by atoms with Crippen molar-refractivity contribution in [3.8, 4) is 23.3 Å². The lowest BCUT2D eigenvalue weighted by atomic mass is 10.1. The molecule has 46 heavy (non-hydrogen) atoms. The van der Waals surface area contributed by atoms with E-state index < -0.39 is 22.5 Å². The fourth-order valence-electron chi connectivity index (χ4n) is 4.98. The topological polar surface area (TPSA) is 152 Å². The molecule has 5 rings (SSSR count). The lowest BCUT2D eigenvalue weighted by Crippen LogP contribution is -2.33. The average Bonchev–Trinajstić information content (AvgIpc) is 2.94. The molecule has 5 aromatic rings. The molecule has 3 heterocycles. The zero-order valence-electron chi connectivity index (χ0n) is 26.5. The van der Waals surface area contributed by atoms with Crippen LogP contribution in [-0.4, -0.2) is 24.5 Å². The van der Waals surface area contributed by atoms with Gasteiger partial charge in [-0.15, -0.1) is 0 Å². The van der Waals surface area contributed by atoms with Gasteiger partial charge in [-0.05, 0) is 115 Å². The van der Waals surface area contributed by atoms with E-state index in [9.17, 15) is 19.2 Å². The minimum atomic E-state index is -0.568. The number of H-pyrrole nitrogens is 3. The van der Waals surface area contributed by atoms with Gasteiger partial charge in [0.15, 0.2) is 0 Å². The molecule has 11 nitrogen and oxygen atoms in total. The summed E-state index contributed by atoms with van der Waals surface area (Å²) < 4.78 is 13.8. The molecule has 3 aromatic heterocycles. The summed E-state index contributed by atoms with van der Waals surface area (Å²) in [5.41, 5.74) is 3.77. The van der Waals surface area contributed by atoms with Crippen LogP contribution >= 0.6 is 15.9 Å². The Morgan fingerprint density at radius 1 is 0.717 bits per heavy atom. The van der Waals surface area contributed by atoms with Crippen molar-refractivity contribution in [1.29, 1.82) is 0 Å². The van der Waals surface area contributed by atoms with Crippen LogP contribution in [-0.2, 0) is 19.4 Å². The van der Waals surface area contributed by atoms with Gasteiger partial charge in [0, 0.05) is 0 Å². The van der Waals surface area contributed by atoms with Crippen molar-refractivity contribution in [2.75, 3.05) is 0 Å². The van der Waals surface area contributed by atoms with E-state index in [0.29, 0.717) is 45.8 Å². The molecule has 0 fully saturated rings. The molecule has 0 bridgehead atoms. The summed E-state index contributed by atoms with van der Waals surface area (Å²) in [6.45, 7) is 11.7. The molecule has 0 aliphatic rings. The maximum absolute atomic E-state index is 12.5. The maximum Gasteiger partial charge on any atom is 0.331 e. The molecule has 0 aliphatic carbocycles. The van der Waals surface area contributed by atoms with E-state index in [2.05, 4.69) is 35.9 Å². The normalized spacial score (nSPS) is 10.7. The highest BCUT2D eigenvalue weighted by molar-refractivity contribution is 9.10. The van der Waals surface area contributed by atoms with Crippen molar-refractivity contribution in [2.45, 2.75) is 60.9 Å². The predicted molar refractivity (Wildman–Crippen MR) is 181 cm³/mol. The van der Waals surface area contributed by atoms with Crippen LogP contribution in [0, 0.1) is 27.7 Å². The van der Waals surface area contributed by atoms with Gasteiger partial charge in [0.25, 0.3) is 11.1 Å². The van der Waals surface area contributed by atoms with Gasteiger partial charge < -0.3 is 9.47 Å². The highest BCUT2D eigenvalue weighted by atomic mass is 79.9. The van der Waals surface area contributed by atoms with Crippen molar-refractivity contribution in [1.82, 2.24) is 24.5 Å². The quantitative estimate of drug-likeness (QED) is 0.176. The van der Waals surface area contributed by atoms with Crippen molar-refractivity contribution in [3.05, 3.63) is 140 Å². The van der Waals surface area contributed by atoms with Crippen LogP contribution in [0.5, 0.6) is 23.3 Å². The molecular formula is C34H36BrN5O6. The Morgan fingerprint density at radius 3 is 1.80 bits per heavy atom. The number of aromatic nitrogens is 5. The van der Waals surface area contributed by atoms with Crippen LogP contribution in [0.25, 0.3) is 0 Å². The van der Waals surface area contributed by atoms with Crippen LogP contribution in [0.2, 0.25) is 0 Å². The molecule has 0 spiro atoms. The first kappa shape index (κ1) is 33.9. The van der Waals surface area contributed by atoms with Crippen LogP contribution in [0.3, 0.4) is 0 Å². The summed E-state index contributed by atoms with van der Waals surface area (Å²) in [7, 11) is 0. The lowest BCUT2D eigenvalue weighted by Gasteiger charge is -2.16. The minimum absolute atomic E-state index is 0.183. The van der Waals surface area contributed by atoms with Gasteiger partial charge in [-0.25, -0.2) is 14.6 Å². The van der Waals surface area contributed by atoms with Crippen LogP contribution in [0.15, 0.2) is 78.4 Å². The first-order valence-electron chi connectivity index (χ1n) is 14.7. The largest absolute Gasteiger partial charge is 0.440 e. The summed E-state index contributed by atoms with van der Waals surface area (Å²) in [6, 6.07) is 17.0. The van der Waals surface area contributed by atoms with Gasteiger partial charge in [0.2, 0.25) is 11.8 Å². The summed E-state index contributed by atoms with van der Waals surface area (Å²) >= 11 is 3.33. The molecule has 0 unspecified atom stereocenters. The molecule has 240 valence electrons. The number of nitrogens with zero attached hydrogens (tertiary/aromatic N) is 2. The maximum atomic E-state index is 12.5. The second-order valence-corrected chi connectivity index (χ2v) is 11.7. The third kappa shape index (κ3) is 8.60. The smallest absolute Gasteiger partial charge is 0.331 e. The van der Waals surface area contributed by atoms with Crippen LogP contribution < -0.4 is 32.0 Å². The summed E-state index contributed by atoms with van der Waals surface area (Å²) in [5, 5.41) is 0. The van der Waals surface area contributed by atoms with E-state index in [1.165, 1.54) is 4.57 Å². The van der Waals surface area contributed by atoms with Crippen molar-refractivity contribution in [3.63, 3.8) is 0 Å². The molecule has 12 heteroatoms. The minimum Gasteiger partial charge on any atom is -0.440 e. The molecule has 0 saturated carbocycles. The van der Waals surface area contributed by atoms with Gasteiger partial charge in [0.1, 0.15) is 16.1 Å². The number of aromatic amines is 3. The molecule has 3 N–H and O–H groups in total. The number of halogens is 1. The lowest BCUT2D eigenvalue weighted by molar-refractivity contribution is 0.412. The van der Waals surface area contributed by atoms with E-state index in [4.69, 9.17) is 9.47 Å². The molecular weight excluding hydrogens is 654 g/mol. The number of aryl methyl sites for hydroxylation is 4. The number of benzene rings is 2. The molecule has 0 saturated heterocycles. The van der Waals surface area contributed by atoms with Crippen molar-refractivity contribution < 1.29 is 9.47 Å². The first-order chi connectivity index (χ1) is 21.9. The molecule has 2 aromatic carbocycles. The fourth-order valence-corrected chi connectivity index (χ4v) is 5.36. The van der Waals surface area contributed by atoms with E-state index in [0.717, 1.165) is 22.3 Å². The molecule has 0 amide bonds. The molecule has 0 radical (unpaired) electrons. The average molecular weight is 691 g/mol. The number of rotatable bonds is 8. The van der Waals surface area contributed by atoms with Crippen LogP contribution in [0.1, 0.15) is 52.9 Å². The van der Waals surface area contributed by atoms with Gasteiger partial charge in [0.05, 0.1) is 23.4 Å². The number of hydrogen-bond acceptors (Lipinski definition) is 7. The fraction of sp³-hybridized carbons (Fsp3) is 0.265. The van der Waals surface area contributed by atoms with Gasteiger partial charge in [-0.2, -0.15) is 0 Å². The number of pyridine rings is 1. The zero-order chi connectivity index (χ0) is 33.5. The van der Waals surface area contributed by atoms with Crippen molar-refractivity contribution in [2.24, 2.45) is 0 Å². The third-order valence-electron chi connectivity index (χ3n) is 6.87. The number of nitrogens with one attached hydrogen (secondary N) is 3. The number of hydrogen-bond donors (Lipinski definition) is 3. The zero-order valence-corrected chi connectivity index (χ0v) is 28.1. The van der Waals surface area contributed by atoms with E-state index in [1.807, 2.05) is 96.1 Å². The summed E-state index contributed by atoms with van der Waals surface area (Å²) in [5.74, 6) is 1.65. The summed E-state index contributed by atoms with van der Waals surface area (Å²) in [6.07, 6.45) is 0.911. The van der Waals surface area contributed by atoms with Gasteiger partial charge >= 0.3 is 11.4 Å². The third-order valence-corrected chi connectivity index (χ3v) is 7.31. The SMILES string of the molecule is CCc1c(Oc2cc(C)cc(C)c2)[nH]c(=O)[nH]c1=O.CCc1c(Oc2cc(C)cc(C)c2)n(Cc2cccc(Br)n2)c(=O)[nH]c1=O. The number of ether oxygens (including phenoxy) is 2. The molecule has 0 atom stereocenters. The Morgan fingerprint density at radius 2 is 1.26 bits per heavy atom. The second kappa shape index (κ2) is 14.9. The molecule has 0 aliphatic heterocycles. The Hall–Kier alpha value is -4.97. The Kier molecular flexibility index (Phi) is 11.0. The monoisotopic (exact) mass is 689 g/mol. The van der Waals surface area contributed by atoms with Crippen LogP contribution in [0.4, 0.5) is 0 Å². The second-order valence-electron chi connectivity index (χ2n) is 10.9. The van der Waals surface area contributed by atoms with Crippen molar-refractivity contribution >= 4 is 15.9 Å². The highest BCUT2D eigenvalue weighted by Crippen LogP contribution is 2.26. The predicted octanol–water partition coefficient (Wildman–Crippen LogP) is 5.75.